The van der Waals surface area contributed by atoms with Crippen LogP contribution in [0, 0.1) is 0 Å². The molecule has 182 valence electrons. The van der Waals surface area contributed by atoms with Crippen LogP contribution in [0.4, 0.5) is 0 Å². The third-order valence-electron chi connectivity index (χ3n) is 6.44. The highest BCUT2D eigenvalue weighted by molar-refractivity contribution is 9.10. The van der Waals surface area contributed by atoms with Crippen LogP contribution in [-0.2, 0) is 16.1 Å². The summed E-state index contributed by atoms with van der Waals surface area (Å²) in [5.74, 6) is -0.428. The summed E-state index contributed by atoms with van der Waals surface area (Å²) < 4.78 is 2.67. The second-order valence-electron chi connectivity index (χ2n) is 8.94. The SMILES string of the molecule is C=CC(=O)N1CC(NC(=O)Cn2cc(C(=O)NCCN3CCN(C)CC3)c3cc(Br)ccc32)C1. The number of benzene rings is 1. The van der Waals surface area contributed by atoms with Gasteiger partial charge in [0.15, 0.2) is 0 Å². The fraction of sp³-hybridized carbons (Fsp3) is 0.458. The zero-order valence-corrected chi connectivity index (χ0v) is 21.0. The molecule has 0 spiro atoms. The van der Waals surface area contributed by atoms with Crippen molar-refractivity contribution in [1.29, 1.82) is 0 Å². The smallest absolute Gasteiger partial charge is 0.253 e. The minimum atomic E-state index is -0.155. The van der Waals surface area contributed by atoms with Gasteiger partial charge in [0, 0.05) is 73.9 Å². The second kappa shape index (κ2) is 10.7. The molecule has 2 saturated heterocycles. The topological polar surface area (TPSA) is 89.9 Å². The molecule has 0 saturated carbocycles. The monoisotopic (exact) mass is 530 g/mol. The number of nitrogens with one attached hydrogen (secondary N) is 2. The van der Waals surface area contributed by atoms with E-state index in [0.29, 0.717) is 25.2 Å². The number of carbonyl (C=O) groups is 3. The predicted molar refractivity (Wildman–Crippen MR) is 135 cm³/mol. The van der Waals surface area contributed by atoms with Crippen molar-refractivity contribution in [1.82, 2.24) is 29.9 Å². The van der Waals surface area contributed by atoms with Crippen LogP contribution in [0.1, 0.15) is 10.4 Å². The number of carbonyl (C=O) groups excluding carboxylic acids is 3. The quantitative estimate of drug-likeness (QED) is 0.495. The molecule has 0 aliphatic carbocycles. The first-order valence-corrected chi connectivity index (χ1v) is 12.3. The van der Waals surface area contributed by atoms with Gasteiger partial charge in [0.25, 0.3) is 5.91 Å². The van der Waals surface area contributed by atoms with E-state index < -0.39 is 0 Å². The summed E-state index contributed by atoms with van der Waals surface area (Å²) in [6.07, 6.45) is 3.02. The van der Waals surface area contributed by atoms with E-state index >= 15 is 0 Å². The lowest BCUT2D eigenvalue weighted by molar-refractivity contribution is -0.133. The Bertz CT molecular complexity index is 1090. The summed E-state index contributed by atoms with van der Waals surface area (Å²) in [7, 11) is 2.12. The van der Waals surface area contributed by atoms with Crippen LogP contribution in [0.25, 0.3) is 10.9 Å². The number of aromatic nitrogens is 1. The van der Waals surface area contributed by atoms with Crippen LogP contribution in [0.2, 0.25) is 0 Å². The van der Waals surface area contributed by atoms with Crippen LogP contribution >= 0.6 is 15.9 Å². The molecule has 2 aromatic rings. The molecule has 2 aliphatic heterocycles. The number of likely N-dealkylation sites (N-methyl/N-ethyl adjacent to an activating group) is 1. The van der Waals surface area contributed by atoms with E-state index in [-0.39, 0.29) is 30.3 Å². The third kappa shape index (κ3) is 5.68. The van der Waals surface area contributed by atoms with E-state index in [9.17, 15) is 14.4 Å². The number of hydrogen-bond acceptors (Lipinski definition) is 5. The summed E-state index contributed by atoms with van der Waals surface area (Å²) in [5.41, 5.74) is 1.37. The van der Waals surface area contributed by atoms with Crippen LogP contribution in [-0.4, -0.2) is 102 Å². The van der Waals surface area contributed by atoms with Crippen molar-refractivity contribution in [2.45, 2.75) is 12.6 Å². The first-order chi connectivity index (χ1) is 16.3. The molecule has 0 unspecified atom stereocenters. The van der Waals surface area contributed by atoms with Gasteiger partial charge in [-0.05, 0) is 31.3 Å². The van der Waals surface area contributed by atoms with E-state index in [0.717, 1.165) is 48.1 Å². The molecule has 3 heterocycles. The van der Waals surface area contributed by atoms with Gasteiger partial charge in [-0.3, -0.25) is 19.3 Å². The highest BCUT2D eigenvalue weighted by Crippen LogP contribution is 2.25. The predicted octanol–water partition coefficient (Wildman–Crippen LogP) is 0.894. The molecular weight excluding hydrogens is 500 g/mol. The van der Waals surface area contributed by atoms with Crippen molar-refractivity contribution >= 4 is 44.6 Å². The van der Waals surface area contributed by atoms with E-state index in [4.69, 9.17) is 0 Å². The lowest BCUT2D eigenvalue weighted by Gasteiger charge is -2.38. The molecule has 1 aromatic heterocycles. The van der Waals surface area contributed by atoms with Crippen LogP contribution < -0.4 is 10.6 Å². The summed E-state index contributed by atoms with van der Waals surface area (Å²) in [4.78, 5) is 43.5. The average molecular weight is 531 g/mol. The van der Waals surface area contributed by atoms with Crippen molar-refractivity contribution in [3.63, 3.8) is 0 Å². The largest absolute Gasteiger partial charge is 0.351 e. The first kappa shape index (κ1) is 24.4. The number of likely N-dealkylation sites (tertiary alicyclic amines) is 1. The molecule has 2 aliphatic rings. The van der Waals surface area contributed by atoms with Crippen LogP contribution in [0.5, 0.6) is 0 Å². The molecular formula is C24H31BrN6O3. The number of nitrogens with zero attached hydrogens (tertiary/aromatic N) is 4. The molecule has 10 heteroatoms. The van der Waals surface area contributed by atoms with Gasteiger partial charge in [-0.25, -0.2) is 0 Å². The van der Waals surface area contributed by atoms with Crippen LogP contribution in [0.3, 0.4) is 0 Å². The maximum Gasteiger partial charge on any atom is 0.253 e. The molecule has 4 rings (SSSR count). The maximum absolute atomic E-state index is 13.0. The van der Waals surface area contributed by atoms with Crippen molar-refractivity contribution in [3.8, 4) is 0 Å². The highest BCUT2D eigenvalue weighted by atomic mass is 79.9. The first-order valence-electron chi connectivity index (χ1n) is 11.5. The molecule has 0 atom stereocenters. The molecule has 9 nitrogen and oxygen atoms in total. The zero-order valence-electron chi connectivity index (χ0n) is 19.4. The Labute approximate surface area is 207 Å². The van der Waals surface area contributed by atoms with Crippen LogP contribution in [0.15, 0.2) is 41.5 Å². The Morgan fingerprint density at radius 3 is 2.62 bits per heavy atom. The molecule has 3 amide bonds. The Hall–Kier alpha value is -2.69. The van der Waals surface area contributed by atoms with Gasteiger partial charge < -0.3 is 25.0 Å². The number of piperazine rings is 1. The number of halogens is 1. The Kier molecular flexibility index (Phi) is 7.70. The summed E-state index contributed by atoms with van der Waals surface area (Å²) >= 11 is 3.49. The number of amides is 3. The lowest BCUT2D eigenvalue weighted by Crippen LogP contribution is -2.61. The normalized spacial score (nSPS) is 17.4. The summed E-state index contributed by atoms with van der Waals surface area (Å²) in [6, 6.07) is 5.65. The number of rotatable bonds is 8. The maximum atomic E-state index is 13.0. The molecule has 2 N–H and O–H groups in total. The minimum Gasteiger partial charge on any atom is -0.351 e. The lowest BCUT2D eigenvalue weighted by atomic mass is 10.1. The average Bonchev–Trinajstić information content (AvgIpc) is 3.14. The van der Waals surface area contributed by atoms with Gasteiger partial charge in [0.1, 0.15) is 6.54 Å². The van der Waals surface area contributed by atoms with Gasteiger partial charge in [-0.2, -0.15) is 0 Å². The third-order valence-corrected chi connectivity index (χ3v) is 6.94. The van der Waals surface area contributed by atoms with E-state index in [1.807, 2.05) is 18.2 Å². The molecule has 0 radical (unpaired) electrons. The Balaban J connectivity index is 1.37. The molecule has 1 aromatic carbocycles. The van der Waals surface area contributed by atoms with Gasteiger partial charge in [-0.15, -0.1) is 0 Å². The Morgan fingerprint density at radius 1 is 1.18 bits per heavy atom. The molecule has 34 heavy (non-hydrogen) atoms. The molecule has 0 bridgehead atoms. The highest BCUT2D eigenvalue weighted by Gasteiger charge is 2.30. The van der Waals surface area contributed by atoms with Crippen molar-refractivity contribution < 1.29 is 14.4 Å². The van der Waals surface area contributed by atoms with E-state index in [1.165, 1.54) is 6.08 Å². The number of hydrogen-bond donors (Lipinski definition) is 2. The van der Waals surface area contributed by atoms with E-state index in [1.54, 1.807) is 15.7 Å². The molecule has 2 fully saturated rings. The van der Waals surface area contributed by atoms with Crippen molar-refractivity contribution in [2.24, 2.45) is 0 Å². The summed E-state index contributed by atoms with van der Waals surface area (Å²) in [5, 5.41) is 6.79. The van der Waals surface area contributed by atoms with Crippen molar-refractivity contribution in [3.05, 3.63) is 47.1 Å². The fourth-order valence-corrected chi connectivity index (χ4v) is 4.74. The van der Waals surface area contributed by atoms with Gasteiger partial charge in [0.05, 0.1) is 11.6 Å². The second-order valence-corrected chi connectivity index (χ2v) is 9.86. The van der Waals surface area contributed by atoms with Crippen molar-refractivity contribution in [2.75, 3.05) is 59.4 Å². The zero-order chi connectivity index (χ0) is 24.2. The summed E-state index contributed by atoms with van der Waals surface area (Å²) in [6.45, 7) is 10.0. The van der Waals surface area contributed by atoms with Gasteiger partial charge in [0.2, 0.25) is 11.8 Å². The Morgan fingerprint density at radius 2 is 1.91 bits per heavy atom. The van der Waals surface area contributed by atoms with Gasteiger partial charge >= 0.3 is 0 Å². The standard InChI is InChI=1S/C24H31BrN6O3/c1-3-23(33)31-13-18(14-31)27-22(32)16-30-15-20(19-12-17(25)4-5-21(19)30)24(34)26-6-7-29-10-8-28(2)9-11-29/h3-5,12,15,18H,1,6-11,13-14,16H2,2H3,(H,26,34)(H,27,32). The number of fused-ring (bicyclic) bond motifs is 1. The van der Waals surface area contributed by atoms with E-state index in [2.05, 4.69) is 50.0 Å². The van der Waals surface area contributed by atoms with Gasteiger partial charge in [-0.1, -0.05) is 22.5 Å². The minimum absolute atomic E-state index is 0.0651. The fourth-order valence-electron chi connectivity index (χ4n) is 4.38.